The van der Waals surface area contributed by atoms with Crippen molar-refractivity contribution in [1.82, 2.24) is 10.2 Å². The van der Waals surface area contributed by atoms with Gasteiger partial charge in [-0.3, -0.25) is 10.1 Å². The summed E-state index contributed by atoms with van der Waals surface area (Å²) in [5.74, 6) is 1.52. The average molecular weight is 317 g/mol. The molecule has 0 radical (unpaired) electrons. The molecule has 1 fully saturated rings. The van der Waals surface area contributed by atoms with Crippen molar-refractivity contribution in [1.29, 1.82) is 0 Å². The van der Waals surface area contributed by atoms with Gasteiger partial charge in [-0.1, -0.05) is 6.92 Å². The van der Waals surface area contributed by atoms with Crippen molar-refractivity contribution in [2.75, 3.05) is 13.2 Å². The normalized spacial score (nSPS) is 19.0. The minimum Gasteiger partial charge on any atom is -0.494 e. The Kier molecular flexibility index (Phi) is 4.81. The number of aliphatic hydroxyl groups excluding tert-OH is 1. The summed E-state index contributed by atoms with van der Waals surface area (Å²) < 4.78 is 5.77. The van der Waals surface area contributed by atoms with Crippen LogP contribution in [0.1, 0.15) is 38.2 Å². The molecule has 0 spiro atoms. The van der Waals surface area contributed by atoms with Crippen LogP contribution < -0.4 is 10.1 Å². The third-order valence-electron chi connectivity index (χ3n) is 4.26. The Morgan fingerprint density at radius 1 is 1.39 bits per heavy atom. The van der Waals surface area contributed by atoms with Crippen molar-refractivity contribution in [2.45, 2.75) is 45.2 Å². The van der Waals surface area contributed by atoms with Gasteiger partial charge in [-0.2, -0.15) is 0 Å². The van der Waals surface area contributed by atoms with E-state index in [1.807, 2.05) is 30.0 Å². The number of rotatable bonds is 7. The standard InChI is InChI=1S/C17H23N3O3/c1-2-15-16(22)19-17-18-14-7-6-13(10-12(14)11-20(15)17)23-9-5-3-4-8-21/h6-7,10,15,21H,2-5,8-9,11H2,1H3,(H,18,19,22). The number of aliphatic hydroxyl groups is 1. The maximum Gasteiger partial charge on any atom is 0.249 e. The summed E-state index contributed by atoms with van der Waals surface area (Å²) in [7, 11) is 0. The quantitative estimate of drug-likeness (QED) is 0.754. The van der Waals surface area contributed by atoms with Crippen LogP contribution in [-0.2, 0) is 11.3 Å². The topological polar surface area (TPSA) is 74.2 Å². The molecule has 1 atom stereocenters. The number of fused-ring (bicyclic) bond motifs is 2. The second-order valence-electron chi connectivity index (χ2n) is 5.90. The summed E-state index contributed by atoms with van der Waals surface area (Å²) in [6.45, 7) is 3.57. The zero-order valence-electron chi connectivity index (χ0n) is 13.4. The molecule has 1 amide bonds. The SMILES string of the molecule is CCC1C(=O)NC2=Nc3ccc(OCCCCCO)cc3CN21. The molecule has 1 unspecified atom stereocenters. The predicted octanol–water partition coefficient (Wildman–Crippen LogP) is 1.94. The number of hydrogen-bond donors (Lipinski definition) is 2. The van der Waals surface area contributed by atoms with Crippen molar-refractivity contribution in [3.05, 3.63) is 23.8 Å². The lowest BCUT2D eigenvalue weighted by atomic mass is 10.1. The number of carbonyl (C=O) groups excluding carboxylic acids is 1. The van der Waals surface area contributed by atoms with Gasteiger partial charge in [0.25, 0.3) is 0 Å². The van der Waals surface area contributed by atoms with Crippen LogP contribution in [0.15, 0.2) is 23.2 Å². The van der Waals surface area contributed by atoms with Gasteiger partial charge in [-0.25, -0.2) is 4.99 Å². The zero-order valence-corrected chi connectivity index (χ0v) is 13.4. The summed E-state index contributed by atoms with van der Waals surface area (Å²) in [5.41, 5.74) is 1.97. The molecule has 0 bridgehead atoms. The number of aliphatic imine (C=N–C) groups is 1. The average Bonchev–Trinajstić information content (AvgIpc) is 2.86. The molecular formula is C17H23N3O3. The molecular weight excluding hydrogens is 294 g/mol. The Morgan fingerprint density at radius 2 is 2.26 bits per heavy atom. The van der Waals surface area contributed by atoms with Crippen LogP contribution in [0.2, 0.25) is 0 Å². The Hall–Kier alpha value is -2.08. The minimum atomic E-state index is -0.134. The van der Waals surface area contributed by atoms with E-state index >= 15 is 0 Å². The second-order valence-corrected chi connectivity index (χ2v) is 5.90. The van der Waals surface area contributed by atoms with Crippen molar-refractivity contribution in [2.24, 2.45) is 4.99 Å². The van der Waals surface area contributed by atoms with Crippen LogP contribution in [0.5, 0.6) is 5.75 Å². The van der Waals surface area contributed by atoms with Crippen LogP contribution in [-0.4, -0.2) is 41.1 Å². The largest absolute Gasteiger partial charge is 0.494 e. The van der Waals surface area contributed by atoms with Gasteiger partial charge in [-0.15, -0.1) is 0 Å². The Labute approximate surface area is 136 Å². The highest BCUT2D eigenvalue weighted by Gasteiger charge is 2.37. The molecule has 1 aromatic rings. The van der Waals surface area contributed by atoms with Crippen LogP contribution in [0.3, 0.4) is 0 Å². The number of nitrogens with zero attached hydrogens (tertiary/aromatic N) is 2. The molecule has 0 aromatic heterocycles. The highest BCUT2D eigenvalue weighted by molar-refractivity contribution is 6.07. The first-order chi connectivity index (χ1) is 11.2. The van der Waals surface area contributed by atoms with E-state index in [-0.39, 0.29) is 18.6 Å². The van der Waals surface area contributed by atoms with E-state index in [0.29, 0.717) is 19.1 Å². The van der Waals surface area contributed by atoms with Gasteiger partial charge in [0, 0.05) is 18.7 Å². The third-order valence-corrected chi connectivity index (χ3v) is 4.26. The van der Waals surface area contributed by atoms with E-state index in [1.54, 1.807) is 0 Å². The Bertz CT molecular complexity index is 615. The van der Waals surface area contributed by atoms with Gasteiger partial charge >= 0.3 is 0 Å². The molecule has 6 nitrogen and oxygen atoms in total. The smallest absolute Gasteiger partial charge is 0.249 e. The second kappa shape index (κ2) is 7.00. The van der Waals surface area contributed by atoms with Gasteiger partial charge in [0.2, 0.25) is 11.9 Å². The molecule has 1 saturated heterocycles. The van der Waals surface area contributed by atoms with Crippen LogP contribution >= 0.6 is 0 Å². The lowest BCUT2D eigenvalue weighted by Gasteiger charge is -2.27. The first-order valence-electron chi connectivity index (χ1n) is 8.25. The molecule has 0 aliphatic carbocycles. The van der Waals surface area contributed by atoms with E-state index in [1.165, 1.54) is 0 Å². The van der Waals surface area contributed by atoms with Crippen molar-refractivity contribution in [3.8, 4) is 5.75 Å². The molecule has 23 heavy (non-hydrogen) atoms. The fraction of sp³-hybridized carbons (Fsp3) is 0.529. The monoisotopic (exact) mass is 317 g/mol. The van der Waals surface area contributed by atoms with Gasteiger partial charge in [0.05, 0.1) is 12.3 Å². The first kappa shape index (κ1) is 15.8. The van der Waals surface area contributed by atoms with Crippen molar-refractivity contribution < 1.29 is 14.6 Å². The Morgan fingerprint density at radius 3 is 3.04 bits per heavy atom. The third kappa shape index (κ3) is 3.32. The number of unbranched alkanes of at least 4 members (excludes halogenated alkanes) is 2. The van der Waals surface area contributed by atoms with Crippen molar-refractivity contribution >= 4 is 17.6 Å². The predicted molar refractivity (Wildman–Crippen MR) is 87.7 cm³/mol. The van der Waals surface area contributed by atoms with E-state index < -0.39 is 0 Å². The summed E-state index contributed by atoms with van der Waals surface area (Å²) in [4.78, 5) is 18.5. The summed E-state index contributed by atoms with van der Waals surface area (Å²) in [6, 6.07) is 5.73. The van der Waals surface area contributed by atoms with E-state index in [0.717, 1.165) is 42.7 Å². The van der Waals surface area contributed by atoms with Crippen LogP contribution in [0, 0.1) is 0 Å². The van der Waals surface area contributed by atoms with E-state index in [4.69, 9.17) is 9.84 Å². The molecule has 2 aliphatic rings. The number of amides is 1. The molecule has 0 saturated carbocycles. The molecule has 2 aliphatic heterocycles. The number of ether oxygens (including phenoxy) is 1. The van der Waals surface area contributed by atoms with Crippen LogP contribution in [0.4, 0.5) is 5.69 Å². The highest BCUT2D eigenvalue weighted by atomic mass is 16.5. The maximum atomic E-state index is 11.9. The van der Waals surface area contributed by atoms with Gasteiger partial charge in [0.15, 0.2) is 0 Å². The molecule has 2 heterocycles. The Balaban J connectivity index is 1.67. The van der Waals surface area contributed by atoms with E-state index in [2.05, 4.69) is 10.3 Å². The minimum absolute atomic E-state index is 0.0272. The zero-order chi connectivity index (χ0) is 16.2. The van der Waals surface area contributed by atoms with Crippen molar-refractivity contribution in [3.63, 3.8) is 0 Å². The number of nitrogens with one attached hydrogen (secondary N) is 1. The fourth-order valence-corrected chi connectivity index (χ4v) is 3.00. The number of benzene rings is 1. The van der Waals surface area contributed by atoms with Gasteiger partial charge in [-0.05, 0) is 43.9 Å². The summed E-state index contributed by atoms with van der Waals surface area (Å²) >= 11 is 0. The van der Waals surface area contributed by atoms with E-state index in [9.17, 15) is 4.79 Å². The summed E-state index contributed by atoms with van der Waals surface area (Å²) in [6.07, 6.45) is 3.48. The maximum absolute atomic E-state index is 11.9. The summed E-state index contributed by atoms with van der Waals surface area (Å²) in [5, 5.41) is 11.6. The van der Waals surface area contributed by atoms with Gasteiger partial charge < -0.3 is 14.7 Å². The lowest BCUT2D eigenvalue weighted by Crippen LogP contribution is -2.36. The first-order valence-corrected chi connectivity index (χ1v) is 8.25. The molecule has 1 aromatic carbocycles. The number of guanidine groups is 1. The highest BCUT2D eigenvalue weighted by Crippen LogP contribution is 2.32. The van der Waals surface area contributed by atoms with Crippen LogP contribution in [0.25, 0.3) is 0 Å². The molecule has 3 rings (SSSR count). The molecule has 6 heteroatoms. The lowest BCUT2D eigenvalue weighted by molar-refractivity contribution is -0.121. The number of carbonyl (C=O) groups is 1. The molecule has 124 valence electrons. The molecule has 2 N–H and O–H groups in total. The van der Waals surface area contributed by atoms with Gasteiger partial charge in [0.1, 0.15) is 11.8 Å². The number of hydrogen-bond acceptors (Lipinski definition) is 5. The fourth-order valence-electron chi connectivity index (χ4n) is 3.00.